The Hall–Kier alpha value is -1.66. The van der Waals surface area contributed by atoms with Gasteiger partial charge in [0.25, 0.3) is 0 Å². The summed E-state index contributed by atoms with van der Waals surface area (Å²) < 4.78 is 13.8. The summed E-state index contributed by atoms with van der Waals surface area (Å²) in [6.45, 7) is 1.75. The lowest BCUT2D eigenvalue weighted by Crippen LogP contribution is -2.11. The lowest BCUT2D eigenvalue weighted by molar-refractivity contribution is 0.0902. The molecule has 3 aromatic heterocycles. The zero-order valence-corrected chi connectivity index (χ0v) is 19.5. The topological polar surface area (TPSA) is 87.0 Å². The number of aromatic nitrogens is 5. The van der Waals surface area contributed by atoms with E-state index in [0.717, 1.165) is 32.9 Å². The maximum atomic E-state index is 5.88. The van der Waals surface area contributed by atoms with Gasteiger partial charge in [-0.25, -0.2) is 30.0 Å². The third-order valence-electron chi connectivity index (χ3n) is 4.01. The minimum absolute atomic E-state index is 0.433. The van der Waals surface area contributed by atoms with E-state index in [1.165, 1.54) is 0 Å². The number of pyridine rings is 1. The van der Waals surface area contributed by atoms with Crippen LogP contribution >= 0.6 is 32.6 Å². The Labute approximate surface area is 179 Å². The van der Waals surface area contributed by atoms with Gasteiger partial charge in [-0.1, -0.05) is 0 Å². The molecular formula is C18H25IN6O2S. The highest BCUT2D eigenvalue weighted by Crippen LogP contribution is 2.33. The Balaban J connectivity index is 1.72. The van der Waals surface area contributed by atoms with Gasteiger partial charge in [0, 0.05) is 47.2 Å². The summed E-state index contributed by atoms with van der Waals surface area (Å²) in [4.78, 5) is 17.5. The molecule has 0 radical (unpaired) electrons. The molecule has 28 heavy (non-hydrogen) atoms. The summed E-state index contributed by atoms with van der Waals surface area (Å²) >= 11 is 2.20. The number of rotatable bonds is 9. The Morgan fingerprint density at radius 3 is 2.79 bits per heavy atom. The van der Waals surface area contributed by atoms with Crippen molar-refractivity contribution in [1.82, 2.24) is 24.5 Å². The third-order valence-corrected chi connectivity index (χ3v) is 6.23. The number of nitrogens with one attached hydrogen (secondary N) is 1. The number of hydrogen-bond acceptors (Lipinski definition) is 7. The number of fused-ring (bicyclic) bond motifs is 1. The first kappa shape index (κ1) is 21.1. The fraction of sp³-hybridized carbons (Fsp3) is 0.444. The van der Waals surface area contributed by atoms with Crippen molar-refractivity contribution in [2.45, 2.75) is 13.3 Å². The predicted molar refractivity (Wildman–Crippen MR) is 122 cm³/mol. The molecule has 0 fully saturated rings. The molecule has 1 N–H and O–H groups in total. The zero-order chi connectivity index (χ0) is 20.1. The highest BCUT2D eigenvalue weighted by atomic mass is 127. The van der Waals surface area contributed by atoms with Gasteiger partial charge in [-0.2, -0.15) is 0 Å². The van der Waals surface area contributed by atoms with Gasteiger partial charge in [0.2, 0.25) is 5.88 Å². The number of methoxy groups -OCH3 is 1. The molecule has 0 aliphatic rings. The fourth-order valence-electron chi connectivity index (χ4n) is 2.48. The molecule has 0 amide bonds. The molecule has 0 saturated carbocycles. The molecule has 0 bridgehead atoms. The van der Waals surface area contributed by atoms with Crippen molar-refractivity contribution in [2.75, 3.05) is 43.6 Å². The van der Waals surface area contributed by atoms with Crippen molar-refractivity contribution in [2.24, 2.45) is 0 Å². The maximum absolute atomic E-state index is 5.88. The van der Waals surface area contributed by atoms with Gasteiger partial charge >= 0.3 is 0 Å². The summed E-state index contributed by atoms with van der Waals surface area (Å²) in [6.07, 6.45) is 10.1. The van der Waals surface area contributed by atoms with Crippen LogP contribution in [0, 0.1) is 3.83 Å². The second-order valence-electron chi connectivity index (χ2n) is 7.10. The van der Waals surface area contributed by atoms with Gasteiger partial charge in [0.05, 0.1) is 13.7 Å². The van der Waals surface area contributed by atoms with Gasteiger partial charge in [-0.15, -0.1) is 0 Å². The number of nitrogens with zero attached hydrogens (tertiary/aromatic N) is 5. The predicted octanol–water partition coefficient (Wildman–Crippen LogP) is 3.11. The first-order valence-corrected chi connectivity index (χ1v) is 12.8. The SMILES string of the molecule is COc1cc(CNc2ncnc3c2nc(I)n3COCCS(C)(C)C)ccn1. The summed E-state index contributed by atoms with van der Waals surface area (Å²) in [5.74, 6) is 2.35. The Morgan fingerprint density at radius 1 is 1.21 bits per heavy atom. The van der Waals surface area contributed by atoms with E-state index in [1.807, 2.05) is 16.7 Å². The van der Waals surface area contributed by atoms with Crippen molar-refractivity contribution < 1.29 is 9.47 Å². The molecular weight excluding hydrogens is 491 g/mol. The highest BCUT2D eigenvalue weighted by Gasteiger charge is 2.15. The van der Waals surface area contributed by atoms with Gasteiger partial charge in [-0.05, 0) is 30.4 Å². The van der Waals surface area contributed by atoms with Gasteiger partial charge in [0.1, 0.15) is 13.1 Å². The van der Waals surface area contributed by atoms with Crippen molar-refractivity contribution in [3.8, 4) is 5.88 Å². The van der Waals surface area contributed by atoms with Crippen LogP contribution in [0.1, 0.15) is 5.56 Å². The van der Waals surface area contributed by atoms with Crippen LogP contribution in [-0.4, -0.2) is 62.7 Å². The molecule has 3 rings (SSSR count). The van der Waals surface area contributed by atoms with Crippen molar-refractivity contribution in [1.29, 1.82) is 0 Å². The van der Waals surface area contributed by atoms with E-state index in [9.17, 15) is 0 Å². The molecule has 0 aromatic carbocycles. The molecule has 10 heteroatoms. The normalized spacial score (nSPS) is 12.3. The van der Waals surface area contributed by atoms with Crippen LogP contribution in [0.2, 0.25) is 0 Å². The average Bonchev–Trinajstić information content (AvgIpc) is 2.99. The van der Waals surface area contributed by atoms with E-state index >= 15 is 0 Å². The Morgan fingerprint density at radius 2 is 2.04 bits per heavy atom. The Kier molecular flexibility index (Phi) is 6.94. The van der Waals surface area contributed by atoms with Crippen LogP contribution in [-0.2, 0) is 18.0 Å². The van der Waals surface area contributed by atoms with Crippen LogP contribution in [0.3, 0.4) is 0 Å². The molecule has 0 saturated heterocycles. The average molecular weight is 516 g/mol. The molecule has 152 valence electrons. The molecule has 0 aliphatic carbocycles. The van der Waals surface area contributed by atoms with Crippen molar-refractivity contribution in [3.05, 3.63) is 34.1 Å². The van der Waals surface area contributed by atoms with E-state index < -0.39 is 10.0 Å². The molecule has 0 unspecified atom stereocenters. The number of imidazole rings is 1. The third kappa shape index (κ3) is 5.45. The lowest BCUT2D eigenvalue weighted by Gasteiger charge is -2.24. The zero-order valence-electron chi connectivity index (χ0n) is 16.5. The quantitative estimate of drug-likeness (QED) is 0.266. The summed E-state index contributed by atoms with van der Waals surface area (Å²) in [5, 5.41) is 3.33. The molecule has 0 spiro atoms. The number of halogens is 1. The van der Waals surface area contributed by atoms with Crippen molar-refractivity contribution >= 4 is 49.6 Å². The molecule has 3 heterocycles. The number of hydrogen-bond donors (Lipinski definition) is 1. The monoisotopic (exact) mass is 516 g/mol. The standard InChI is InChI=1S/C18H25IN6O2S/c1-26-14-9-13(5-6-20-14)10-21-16-15-17(23-11-22-16)25(18(19)24-15)12-27-7-8-28(2,3)4/h5-6,9,11H,7-8,10,12H2,1-4H3,(H,21,22,23). The largest absolute Gasteiger partial charge is 0.481 e. The fourth-order valence-corrected chi connectivity index (χ4v) is 3.70. The first-order chi connectivity index (χ1) is 13.4. The van der Waals surface area contributed by atoms with E-state index in [-0.39, 0.29) is 0 Å². The van der Waals surface area contributed by atoms with E-state index in [2.05, 4.69) is 66.6 Å². The van der Waals surface area contributed by atoms with E-state index in [1.54, 1.807) is 19.6 Å². The van der Waals surface area contributed by atoms with E-state index in [0.29, 0.717) is 25.0 Å². The minimum Gasteiger partial charge on any atom is -0.481 e. The van der Waals surface area contributed by atoms with E-state index in [4.69, 9.17) is 9.47 Å². The maximum Gasteiger partial charge on any atom is 0.213 e. The van der Waals surface area contributed by atoms with Gasteiger partial charge in [0.15, 0.2) is 20.8 Å². The first-order valence-electron chi connectivity index (χ1n) is 8.70. The Bertz CT molecular complexity index is 943. The van der Waals surface area contributed by atoms with Gasteiger partial charge < -0.3 is 14.8 Å². The minimum atomic E-state index is -0.564. The van der Waals surface area contributed by atoms with Crippen LogP contribution in [0.5, 0.6) is 5.88 Å². The van der Waals surface area contributed by atoms with Crippen LogP contribution in [0.25, 0.3) is 11.2 Å². The summed E-state index contributed by atoms with van der Waals surface area (Å²) in [7, 11) is 1.04. The smallest absolute Gasteiger partial charge is 0.213 e. The molecule has 0 aliphatic heterocycles. The van der Waals surface area contributed by atoms with Crippen LogP contribution in [0.4, 0.5) is 5.82 Å². The second-order valence-corrected chi connectivity index (χ2v) is 12.7. The second kappa shape index (κ2) is 9.23. The van der Waals surface area contributed by atoms with Crippen LogP contribution in [0.15, 0.2) is 24.7 Å². The lowest BCUT2D eigenvalue weighted by atomic mass is 10.2. The summed E-state index contributed by atoms with van der Waals surface area (Å²) in [5.41, 5.74) is 2.54. The number of ether oxygens (including phenoxy) is 2. The van der Waals surface area contributed by atoms with Gasteiger partial charge in [-0.3, -0.25) is 4.57 Å². The summed E-state index contributed by atoms with van der Waals surface area (Å²) in [6, 6.07) is 3.82. The highest BCUT2D eigenvalue weighted by molar-refractivity contribution is 14.1. The molecule has 3 aromatic rings. The molecule has 8 nitrogen and oxygen atoms in total. The number of anilines is 1. The van der Waals surface area contributed by atoms with Crippen molar-refractivity contribution in [3.63, 3.8) is 0 Å². The molecule has 0 atom stereocenters. The van der Waals surface area contributed by atoms with Crippen LogP contribution < -0.4 is 10.1 Å².